The van der Waals surface area contributed by atoms with Crippen molar-refractivity contribution in [2.75, 3.05) is 0 Å². The largest absolute Gasteiger partial charge is 0.422 e. The van der Waals surface area contributed by atoms with E-state index < -0.39 is 0 Å². The minimum absolute atomic E-state index is 0.359. The van der Waals surface area contributed by atoms with Crippen LogP contribution in [-0.4, -0.2) is 5.71 Å². The molecule has 0 saturated carbocycles. The van der Waals surface area contributed by atoms with E-state index in [9.17, 15) is 4.79 Å². The van der Waals surface area contributed by atoms with Crippen LogP contribution in [0, 0.1) is 6.92 Å². The normalized spacial score (nSPS) is 11.8. The maximum absolute atomic E-state index is 12.1. The van der Waals surface area contributed by atoms with Gasteiger partial charge in [-0.15, -0.1) is 0 Å². The number of aryl methyl sites for hydroxylation is 1. The summed E-state index contributed by atoms with van der Waals surface area (Å²) in [6, 6.07) is 17.2. The lowest BCUT2D eigenvalue weighted by atomic mass is 10.1. The fourth-order valence-corrected chi connectivity index (χ4v) is 2.27. The number of para-hydroxylation sites is 1. The molecule has 1 heterocycles. The Morgan fingerprint density at radius 1 is 1.05 bits per heavy atom. The van der Waals surface area contributed by atoms with E-state index in [1.807, 2.05) is 62.4 Å². The van der Waals surface area contributed by atoms with E-state index in [4.69, 9.17) is 4.42 Å². The van der Waals surface area contributed by atoms with Gasteiger partial charge in [0.2, 0.25) is 0 Å². The van der Waals surface area contributed by atoms with Gasteiger partial charge in [-0.25, -0.2) is 4.79 Å². The molecule has 0 aliphatic heterocycles. The first-order chi connectivity index (χ1) is 10.1. The maximum atomic E-state index is 12.1. The van der Waals surface area contributed by atoms with Crippen LogP contribution in [0.5, 0.6) is 0 Å². The number of fused-ring (bicyclic) bond motifs is 1. The summed E-state index contributed by atoms with van der Waals surface area (Å²) in [5.74, 6) is 0. The Morgan fingerprint density at radius 3 is 2.67 bits per heavy atom. The molecule has 0 amide bonds. The molecule has 21 heavy (non-hydrogen) atoms. The first kappa shape index (κ1) is 13.3. The molecule has 0 aliphatic rings. The van der Waals surface area contributed by atoms with Crippen LogP contribution >= 0.6 is 0 Å². The third-order valence-electron chi connectivity index (χ3n) is 3.33. The van der Waals surface area contributed by atoms with E-state index in [2.05, 4.69) is 4.99 Å². The molecule has 0 unspecified atom stereocenters. The smallest absolute Gasteiger partial charge is 0.345 e. The van der Waals surface area contributed by atoms with Crippen molar-refractivity contribution in [3.8, 4) is 0 Å². The summed E-state index contributed by atoms with van der Waals surface area (Å²) in [4.78, 5) is 16.6. The second-order valence-electron chi connectivity index (χ2n) is 5.02. The van der Waals surface area contributed by atoms with Crippen LogP contribution in [0.2, 0.25) is 0 Å². The van der Waals surface area contributed by atoms with E-state index in [-0.39, 0.29) is 5.63 Å². The van der Waals surface area contributed by atoms with Crippen molar-refractivity contribution in [3.05, 3.63) is 76.1 Å². The van der Waals surface area contributed by atoms with Gasteiger partial charge in [0.25, 0.3) is 0 Å². The molecule has 0 atom stereocenters. The Morgan fingerprint density at radius 2 is 1.86 bits per heavy atom. The summed E-state index contributed by atoms with van der Waals surface area (Å²) in [5.41, 5.74) is 3.35. The quantitative estimate of drug-likeness (QED) is 0.519. The van der Waals surface area contributed by atoms with Crippen molar-refractivity contribution >= 4 is 22.4 Å². The fourth-order valence-electron chi connectivity index (χ4n) is 2.27. The van der Waals surface area contributed by atoms with E-state index in [1.165, 1.54) is 0 Å². The topological polar surface area (TPSA) is 42.6 Å². The average Bonchev–Trinajstić information content (AvgIpc) is 2.46. The van der Waals surface area contributed by atoms with Gasteiger partial charge in [-0.3, -0.25) is 4.99 Å². The number of nitrogens with zero attached hydrogens (tertiary/aromatic N) is 1. The van der Waals surface area contributed by atoms with Crippen LogP contribution in [0.1, 0.15) is 18.1 Å². The molecule has 0 bridgehead atoms. The van der Waals surface area contributed by atoms with Gasteiger partial charge in [0, 0.05) is 5.39 Å². The van der Waals surface area contributed by atoms with Crippen molar-refractivity contribution in [2.45, 2.75) is 13.8 Å². The fraction of sp³-hybridized carbons (Fsp3) is 0.111. The number of hydrogen-bond donors (Lipinski definition) is 0. The highest BCUT2D eigenvalue weighted by atomic mass is 16.4. The van der Waals surface area contributed by atoms with Gasteiger partial charge >= 0.3 is 5.63 Å². The Labute approximate surface area is 122 Å². The Hall–Kier alpha value is -2.68. The molecule has 0 saturated heterocycles. The lowest BCUT2D eigenvalue weighted by Crippen LogP contribution is -2.11. The minimum atomic E-state index is -0.359. The Kier molecular flexibility index (Phi) is 3.40. The summed E-state index contributed by atoms with van der Waals surface area (Å²) in [6.07, 6.45) is 0. The average molecular weight is 277 g/mol. The highest BCUT2D eigenvalue weighted by Gasteiger charge is 2.08. The predicted molar refractivity (Wildman–Crippen MR) is 85.5 cm³/mol. The second-order valence-corrected chi connectivity index (χ2v) is 5.02. The van der Waals surface area contributed by atoms with Crippen LogP contribution in [0.15, 0.2) is 68.8 Å². The monoisotopic (exact) mass is 277 g/mol. The number of rotatable bonds is 2. The first-order valence-corrected chi connectivity index (χ1v) is 6.79. The van der Waals surface area contributed by atoms with E-state index in [1.54, 1.807) is 6.07 Å². The highest BCUT2D eigenvalue weighted by Crippen LogP contribution is 2.17. The summed E-state index contributed by atoms with van der Waals surface area (Å²) in [5, 5.41) is 0.894. The Balaban J connectivity index is 2.11. The summed E-state index contributed by atoms with van der Waals surface area (Å²) in [7, 11) is 0. The van der Waals surface area contributed by atoms with Crippen LogP contribution in [0.3, 0.4) is 0 Å². The van der Waals surface area contributed by atoms with Crippen molar-refractivity contribution in [3.63, 3.8) is 0 Å². The van der Waals surface area contributed by atoms with Crippen molar-refractivity contribution in [1.82, 2.24) is 0 Å². The standard InChI is InChI=1S/C18H15NO2/c1-12-6-5-8-15(10-12)19-13(2)16-11-14-7-3-4-9-17(14)21-18(16)20/h3-11H,1-2H3. The van der Waals surface area contributed by atoms with Crippen LogP contribution in [0.25, 0.3) is 11.0 Å². The third-order valence-corrected chi connectivity index (χ3v) is 3.33. The highest BCUT2D eigenvalue weighted by molar-refractivity contribution is 6.01. The summed E-state index contributed by atoms with van der Waals surface area (Å²) < 4.78 is 5.34. The molecule has 1 aromatic heterocycles. The van der Waals surface area contributed by atoms with Gasteiger partial charge in [-0.1, -0.05) is 30.3 Å². The molecule has 0 N–H and O–H groups in total. The van der Waals surface area contributed by atoms with E-state index in [0.717, 1.165) is 16.6 Å². The minimum Gasteiger partial charge on any atom is -0.422 e. The van der Waals surface area contributed by atoms with Crippen LogP contribution < -0.4 is 5.63 Å². The summed E-state index contributed by atoms with van der Waals surface area (Å²) in [6.45, 7) is 3.84. The number of benzene rings is 2. The second kappa shape index (κ2) is 5.37. The Bertz CT molecular complexity index is 891. The van der Waals surface area contributed by atoms with Crippen LogP contribution in [0.4, 0.5) is 5.69 Å². The molecule has 0 spiro atoms. The molecule has 3 heteroatoms. The molecular formula is C18H15NO2. The SMILES string of the molecule is CC(=Nc1cccc(C)c1)c1cc2ccccc2oc1=O. The zero-order valence-corrected chi connectivity index (χ0v) is 12.0. The van der Waals surface area contributed by atoms with E-state index >= 15 is 0 Å². The van der Waals surface area contributed by atoms with Crippen LogP contribution in [-0.2, 0) is 0 Å². The third kappa shape index (κ3) is 2.77. The predicted octanol–water partition coefficient (Wildman–Crippen LogP) is 4.24. The van der Waals surface area contributed by atoms with Crippen molar-refractivity contribution < 1.29 is 4.42 Å². The molecule has 3 rings (SSSR count). The van der Waals surface area contributed by atoms with Gasteiger partial charge in [0.1, 0.15) is 5.58 Å². The first-order valence-electron chi connectivity index (χ1n) is 6.79. The molecule has 0 aliphatic carbocycles. The van der Waals surface area contributed by atoms with Gasteiger partial charge in [0.05, 0.1) is 17.0 Å². The molecular weight excluding hydrogens is 262 g/mol. The zero-order valence-electron chi connectivity index (χ0n) is 12.0. The van der Waals surface area contributed by atoms with Crippen molar-refractivity contribution in [1.29, 1.82) is 0 Å². The maximum Gasteiger partial charge on any atom is 0.345 e. The summed E-state index contributed by atoms with van der Waals surface area (Å²) >= 11 is 0. The van der Waals surface area contributed by atoms with E-state index in [0.29, 0.717) is 16.9 Å². The molecule has 0 fully saturated rings. The lowest BCUT2D eigenvalue weighted by Gasteiger charge is -2.03. The molecule has 3 aromatic rings. The van der Waals surface area contributed by atoms with Gasteiger partial charge in [-0.05, 0) is 43.7 Å². The molecule has 2 aromatic carbocycles. The molecule has 104 valence electrons. The number of hydrogen-bond acceptors (Lipinski definition) is 3. The van der Waals surface area contributed by atoms with Crippen molar-refractivity contribution in [2.24, 2.45) is 4.99 Å². The number of aliphatic imine (C=N–C) groups is 1. The zero-order chi connectivity index (χ0) is 14.8. The van der Waals surface area contributed by atoms with Gasteiger partial charge in [-0.2, -0.15) is 0 Å². The molecule has 3 nitrogen and oxygen atoms in total. The molecule has 0 radical (unpaired) electrons. The van der Waals surface area contributed by atoms with Gasteiger partial charge in [0.15, 0.2) is 0 Å². The lowest BCUT2D eigenvalue weighted by molar-refractivity contribution is 0.559. The van der Waals surface area contributed by atoms with Gasteiger partial charge < -0.3 is 4.42 Å².